The molecule has 0 heterocycles. The van der Waals surface area contributed by atoms with Gasteiger partial charge in [-0.05, 0) is 31.9 Å². The molecule has 0 aliphatic rings. The fourth-order valence-electron chi connectivity index (χ4n) is 1.88. The van der Waals surface area contributed by atoms with Gasteiger partial charge in [0, 0.05) is 5.56 Å². The molecule has 1 rings (SSSR count). The van der Waals surface area contributed by atoms with Gasteiger partial charge in [0.2, 0.25) is 0 Å². The number of rotatable bonds is 6. The fourth-order valence-corrected chi connectivity index (χ4v) is 1.88. The topological polar surface area (TPSA) is 57.5 Å². The number of hydrogen-bond acceptors (Lipinski definition) is 3. The number of phenolic OH excluding ortho intramolecular Hbond substituents is 2. The van der Waals surface area contributed by atoms with Gasteiger partial charge in [0.05, 0.1) is 5.56 Å². The van der Waals surface area contributed by atoms with Gasteiger partial charge >= 0.3 is 0 Å². The van der Waals surface area contributed by atoms with E-state index in [2.05, 4.69) is 6.92 Å². The van der Waals surface area contributed by atoms with Gasteiger partial charge in [0.1, 0.15) is 11.5 Å². The molecule has 3 heteroatoms. The molecule has 0 unspecified atom stereocenters. The Kier molecular flexibility index (Phi) is 5.01. The maximum atomic E-state index is 11.3. The van der Waals surface area contributed by atoms with E-state index in [1.165, 1.54) is 19.1 Å². The van der Waals surface area contributed by atoms with Crippen LogP contribution in [-0.2, 0) is 6.42 Å². The second-order valence-corrected chi connectivity index (χ2v) is 4.33. The highest BCUT2D eigenvalue weighted by molar-refractivity contribution is 5.97. The summed E-state index contributed by atoms with van der Waals surface area (Å²) in [4.78, 5) is 11.3. The number of benzene rings is 1. The molecule has 1 aromatic rings. The molecule has 94 valence electrons. The van der Waals surface area contributed by atoms with Crippen molar-refractivity contribution in [1.82, 2.24) is 0 Å². The van der Waals surface area contributed by atoms with Crippen molar-refractivity contribution in [2.24, 2.45) is 0 Å². The fraction of sp³-hybridized carbons (Fsp3) is 0.500. The maximum absolute atomic E-state index is 11.3. The highest BCUT2D eigenvalue weighted by Gasteiger charge is 2.14. The number of phenols is 2. The zero-order chi connectivity index (χ0) is 12.8. The van der Waals surface area contributed by atoms with Crippen molar-refractivity contribution in [3.63, 3.8) is 0 Å². The van der Waals surface area contributed by atoms with E-state index in [4.69, 9.17) is 0 Å². The highest BCUT2D eigenvalue weighted by atomic mass is 16.3. The summed E-state index contributed by atoms with van der Waals surface area (Å²) in [6.45, 7) is 3.54. The van der Waals surface area contributed by atoms with Crippen molar-refractivity contribution in [1.29, 1.82) is 0 Å². The van der Waals surface area contributed by atoms with E-state index in [0.717, 1.165) is 25.7 Å². The molecule has 0 spiro atoms. The summed E-state index contributed by atoms with van der Waals surface area (Å²) in [5, 5.41) is 19.6. The molecule has 1 aromatic carbocycles. The van der Waals surface area contributed by atoms with Crippen molar-refractivity contribution < 1.29 is 15.0 Å². The van der Waals surface area contributed by atoms with E-state index in [1.54, 1.807) is 0 Å². The van der Waals surface area contributed by atoms with Crippen LogP contribution >= 0.6 is 0 Å². The first-order valence-corrected chi connectivity index (χ1v) is 6.12. The van der Waals surface area contributed by atoms with Crippen molar-refractivity contribution in [3.05, 3.63) is 23.3 Å². The molecule has 17 heavy (non-hydrogen) atoms. The van der Waals surface area contributed by atoms with Crippen LogP contribution in [0.15, 0.2) is 12.1 Å². The third-order valence-electron chi connectivity index (χ3n) is 2.92. The van der Waals surface area contributed by atoms with Crippen molar-refractivity contribution in [3.8, 4) is 11.5 Å². The molecule has 0 amide bonds. The highest BCUT2D eigenvalue weighted by Crippen LogP contribution is 2.32. The quantitative estimate of drug-likeness (QED) is 0.587. The predicted octanol–water partition coefficient (Wildman–Crippen LogP) is 3.42. The Labute approximate surface area is 102 Å². The summed E-state index contributed by atoms with van der Waals surface area (Å²) in [6, 6.07) is 2.94. The lowest BCUT2D eigenvalue weighted by Gasteiger charge is -2.10. The van der Waals surface area contributed by atoms with E-state index >= 15 is 0 Å². The summed E-state index contributed by atoms with van der Waals surface area (Å²) < 4.78 is 0. The van der Waals surface area contributed by atoms with Crippen LogP contribution in [0.5, 0.6) is 11.5 Å². The van der Waals surface area contributed by atoms with Crippen LogP contribution in [0.4, 0.5) is 0 Å². The monoisotopic (exact) mass is 236 g/mol. The first-order valence-electron chi connectivity index (χ1n) is 6.12. The number of carbonyl (C=O) groups is 1. The molecule has 0 bridgehead atoms. The number of aromatic hydroxyl groups is 2. The van der Waals surface area contributed by atoms with E-state index < -0.39 is 0 Å². The minimum atomic E-state index is -0.183. The summed E-state index contributed by atoms with van der Waals surface area (Å²) in [7, 11) is 0. The van der Waals surface area contributed by atoms with Gasteiger partial charge in [-0.15, -0.1) is 0 Å². The lowest BCUT2D eigenvalue weighted by Crippen LogP contribution is -1.97. The molecule has 2 N–H and O–H groups in total. The van der Waals surface area contributed by atoms with Crippen LogP contribution < -0.4 is 0 Å². The van der Waals surface area contributed by atoms with Gasteiger partial charge in [0.15, 0.2) is 5.78 Å². The molecule has 3 nitrogen and oxygen atoms in total. The van der Waals surface area contributed by atoms with Crippen LogP contribution in [0.25, 0.3) is 0 Å². The molecule has 0 aliphatic carbocycles. The van der Waals surface area contributed by atoms with Crippen LogP contribution in [0.1, 0.15) is 55.5 Å². The van der Waals surface area contributed by atoms with Gasteiger partial charge in [-0.25, -0.2) is 0 Å². The van der Waals surface area contributed by atoms with Crippen LogP contribution in [-0.4, -0.2) is 16.0 Å². The van der Waals surface area contributed by atoms with E-state index in [-0.39, 0.29) is 22.8 Å². The standard InChI is InChI=1S/C14H20O3/c1-3-4-5-6-7-12-13(16)9-8-11(10(2)15)14(12)17/h8-9,16-17H,3-7H2,1-2H3. The number of unbranched alkanes of at least 4 members (excludes halogenated alkanes) is 3. The van der Waals surface area contributed by atoms with Crippen molar-refractivity contribution >= 4 is 5.78 Å². The van der Waals surface area contributed by atoms with Gasteiger partial charge < -0.3 is 10.2 Å². The average Bonchev–Trinajstić information content (AvgIpc) is 2.27. The Morgan fingerprint density at radius 2 is 1.88 bits per heavy atom. The first kappa shape index (κ1) is 13.6. The molecule has 0 fully saturated rings. The Morgan fingerprint density at radius 3 is 2.47 bits per heavy atom. The number of hydrogen-bond donors (Lipinski definition) is 2. The number of carbonyl (C=O) groups excluding carboxylic acids is 1. The SMILES string of the molecule is CCCCCCc1c(O)ccc(C(C)=O)c1O. The Morgan fingerprint density at radius 1 is 1.18 bits per heavy atom. The van der Waals surface area contributed by atoms with Crippen molar-refractivity contribution in [2.75, 3.05) is 0 Å². The van der Waals surface area contributed by atoms with Gasteiger partial charge in [-0.1, -0.05) is 26.2 Å². The lowest BCUT2D eigenvalue weighted by molar-refractivity contribution is 0.101. The summed E-state index contributed by atoms with van der Waals surface area (Å²) in [5.74, 6) is -0.171. The minimum absolute atomic E-state index is 0.0611. The largest absolute Gasteiger partial charge is 0.508 e. The van der Waals surface area contributed by atoms with Gasteiger partial charge in [-0.3, -0.25) is 4.79 Å². The predicted molar refractivity (Wildman–Crippen MR) is 67.6 cm³/mol. The molecule has 0 radical (unpaired) electrons. The van der Waals surface area contributed by atoms with Crippen LogP contribution in [0.2, 0.25) is 0 Å². The lowest BCUT2D eigenvalue weighted by atomic mass is 10.00. The summed E-state index contributed by atoms with van der Waals surface area (Å²) in [6.07, 6.45) is 4.88. The molecular formula is C14H20O3. The Bertz CT molecular complexity index is 397. The number of Topliss-reactive ketones (excluding diaryl/α,β-unsaturated/α-hetero) is 1. The Balaban J connectivity index is 2.82. The molecule has 0 aliphatic heterocycles. The normalized spacial score (nSPS) is 10.5. The average molecular weight is 236 g/mol. The summed E-state index contributed by atoms with van der Waals surface area (Å²) >= 11 is 0. The molecule has 0 saturated carbocycles. The molecular weight excluding hydrogens is 216 g/mol. The summed E-state index contributed by atoms with van der Waals surface area (Å²) in [5.41, 5.74) is 0.780. The van der Waals surface area contributed by atoms with E-state index in [9.17, 15) is 15.0 Å². The number of ketones is 1. The van der Waals surface area contributed by atoms with Crippen LogP contribution in [0, 0.1) is 0 Å². The van der Waals surface area contributed by atoms with Crippen molar-refractivity contribution in [2.45, 2.75) is 46.0 Å². The second kappa shape index (κ2) is 6.28. The van der Waals surface area contributed by atoms with E-state index in [1.807, 2.05) is 0 Å². The second-order valence-electron chi connectivity index (χ2n) is 4.33. The zero-order valence-corrected chi connectivity index (χ0v) is 10.5. The van der Waals surface area contributed by atoms with Gasteiger partial charge in [-0.2, -0.15) is 0 Å². The third-order valence-corrected chi connectivity index (χ3v) is 2.92. The third kappa shape index (κ3) is 3.48. The minimum Gasteiger partial charge on any atom is -0.508 e. The van der Waals surface area contributed by atoms with Gasteiger partial charge in [0.25, 0.3) is 0 Å². The molecule has 0 saturated heterocycles. The molecule has 0 aromatic heterocycles. The smallest absolute Gasteiger partial charge is 0.163 e. The van der Waals surface area contributed by atoms with Crippen LogP contribution in [0.3, 0.4) is 0 Å². The maximum Gasteiger partial charge on any atom is 0.163 e. The molecule has 0 atom stereocenters. The first-order chi connectivity index (χ1) is 8.07. The van der Waals surface area contributed by atoms with E-state index in [0.29, 0.717) is 12.0 Å². The zero-order valence-electron chi connectivity index (χ0n) is 10.5. The Hall–Kier alpha value is -1.51.